The number of nitrogens with two attached hydrogens (primary N) is 1. The number of hydrogen-bond donors (Lipinski definition) is 3. The first-order valence-electron chi connectivity index (χ1n) is 5.70. The van der Waals surface area contributed by atoms with Crippen molar-refractivity contribution in [3.05, 3.63) is 34.6 Å². The first-order chi connectivity index (χ1) is 8.99. The lowest BCUT2D eigenvalue weighted by atomic mass is 10.1. The minimum absolute atomic E-state index is 0.00119. The first-order valence-corrected chi connectivity index (χ1v) is 6.08. The molecule has 0 saturated heterocycles. The number of carbonyl (C=O) groups is 1. The molecule has 4 N–H and O–H groups in total. The molecule has 0 bridgehead atoms. The van der Waals surface area contributed by atoms with Gasteiger partial charge in [-0.05, 0) is 18.6 Å². The van der Waals surface area contributed by atoms with Crippen LogP contribution in [0.4, 0.5) is 4.39 Å². The van der Waals surface area contributed by atoms with Crippen molar-refractivity contribution in [2.24, 2.45) is 10.9 Å². The van der Waals surface area contributed by atoms with Crippen LogP contribution in [0.3, 0.4) is 0 Å². The van der Waals surface area contributed by atoms with E-state index in [0.29, 0.717) is 6.42 Å². The summed E-state index contributed by atoms with van der Waals surface area (Å²) in [6, 6.07) is 3.85. The molecule has 0 heterocycles. The molecule has 0 aliphatic rings. The van der Waals surface area contributed by atoms with Crippen molar-refractivity contribution >= 4 is 23.3 Å². The van der Waals surface area contributed by atoms with Crippen LogP contribution in [0.15, 0.2) is 23.4 Å². The maximum absolute atomic E-state index is 13.7. The lowest BCUT2D eigenvalue weighted by Crippen LogP contribution is -2.37. The third kappa shape index (κ3) is 4.10. The van der Waals surface area contributed by atoms with E-state index in [1.165, 1.54) is 18.2 Å². The molecule has 0 aliphatic carbocycles. The Kier molecular flexibility index (Phi) is 5.57. The fourth-order valence-electron chi connectivity index (χ4n) is 1.53. The van der Waals surface area contributed by atoms with Crippen LogP contribution in [0.25, 0.3) is 0 Å². The molecular weight excluding hydrogens is 273 g/mol. The van der Waals surface area contributed by atoms with Gasteiger partial charge in [0.2, 0.25) is 0 Å². The van der Waals surface area contributed by atoms with Gasteiger partial charge >= 0.3 is 0 Å². The average Bonchev–Trinajstić information content (AvgIpc) is 2.40. The fraction of sp³-hybridized carbons (Fsp3) is 0.333. The summed E-state index contributed by atoms with van der Waals surface area (Å²) in [5, 5.41) is 13.8. The van der Waals surface area contributed by atoms with Gasteiger partial charge in [0, 0.05) is 12.5 Å². The van der Waals surface area contributed by atoms with Crippen molar-refractivity contribution in [3.8, 4) is 0 Å². The topological polar surface area (TPSA) is 87.7 Å². The zero-order chi connectivity index (χ0) is 14.4. The molecule has 0 radical (unpaired) electrons. The smallest absolute Gasteiger partial charge is 0.254 e. The Labute approximate surface area is 115 Å². The monoisotopic (exact) mass is 287 g/mol. The summed E-state index contributed by atoms with van der Waals surface area (Å²) in [4.78, 5) is 11.9. The van der Waals surface area contributed by atoms with Crippen LogP contribution in [-0.2, 0) is 0 Å². The Morgan fingerprint density at radius 2 is 2.32 bits per heavy atom. The van der Waals surface area contributed by atoms with Crippen LogP contribution >= 0.6 is 11.6 Å². The fourth-order valence-corrected chi connectivity index (χ4v) is 1.71. The average molecular weight is 288 g/mol. The summed E-state index contributed by atoms with van der Waals surface area (Å²) in [5.74, 6) is -1.35. The molecule has 0 saturated carbocycles. The van der Waals surface area contributed by atoms with Gasteiger partial charge < -0.3 is 16.3 Å². The van der Waals surface area contributed by atoms with Crippen LogP contribution in [0.2, 0.25) is 5.02 Å². The minimum atomic E-state index is -0.764. The predicted molar refractivity (Wildman–Crippen MR) is 71.0 cm³/mol. The number of benzene rings is 1. The second-order valence-electron chi connectivity index (χ2n) is 3.98. The maximum atomic E-state index is 13.7. The normalized spacial score (nSPS) is 13.1. The van der Waals surface area contributed by atoms with Crippen molar-refractivity contribution in [1.82, 2.24) is 5.32 Å². The van der Waals surface area contributed by atoms with Crippen LogP contribution in [0.5, 0.6) is 0 Å². The summed E-state index contributed by atoms with van der Waals surface area (Å²) in [7, 11) is 0. The SMILES string of the molecule is CCC(C/C(N)=N/O)NC(=O)c1cccc(Cl)c1F. The molecule has 1 amide bonds. The van der Waals surface area contributed by atoms with E-state index >= 15 is 0 Å². The second-order valence-corrected chi connectivity index (χ2v) is 4.38. The highest BCUT2D eigenvalue weighted by molar-refractivity contribution is 6.31. The van der Waals surface area contributed by atoms with Gasteiger partial charge in [-0.15, -0.1) is 0 Å². The van der Waals surface area contributed by atoms with Crippen LogP contribution in [0, 0.1) is 5.82 Å². The molecule has 0 aromatic heterocycles. The highest BCUT2D eigenvalue weighted by Crippen LogP contribution is 2.18. The lowest BCUT2D eigenvalue weighted by Gasteiger charge is -2.16. The summed E-state index contributed by atoms with van der Waals surface area (Å²) in [5.41, 5.74) is 5.24. The number of hydrogen-bond acceptors (Lipinski definition) is 3. The largest absolute Gasteiger partial charge is 0.409 e. The number of amidine groups is 1. The summed E-state index contributed by atoms with van der Waals surface area (Å²) >= 11 is 5.61. The molecular formula is C12H15ClFN3O2. The third-order valence-corrected chi connectivity index (χ3v) is 2.90. The summed E-state index contributed by atoms with van der Waals surface area (Å²) in [6.07, 6.45) is 0.741. The van der Waals surface area contributed by atoms with Crippen LogP contribution in [0.1, 0.15) is 30.1 Å². The van der Waals surface area contributed by atoms with E-state index < -0.39 is 11.7 Å². The van der Waals surface area contributed by atoms with Gasteiger partial charge in [0.15, 0.2) is 5.82 Å². The number of halogens is 2. The Hall–Kier alpha value is -1.82. The van der Waals surface area contributed by atoms with E-state index in [1.807, 2.05) is 6.92 Å². The van der Waals surface area contributed by atoms with E-state index in [1.54, 1.807) is 0 Å². The maximum Gasteiger partial charge on any atom is 0.254 e. The van der Waals surface area contributed by atoms with Crippen molar-refractivity contribution < 1.29 is 14.4 Å². The Morgan fingerprint density at radius 3 is 2.89 bits per heavy atom. The Morgan fingerprint density at radius 1 is 1.63 bits per heavy atom. The number of nitrogens with zero attached hydrogens (tertiary/aromatic N) is 1. The van der Waals surface area contributed by atoms with Crippen molar-refractivity contribution in [1.29, 1.82) is 0 Å². The molecule has 104 valence electrons. The highest BCUT2D eigenvalue weighted by atomic mass is 35.5. The molecule has 5 nitrogen and oxygen atoms in total. The number of nitrogens with one attached hydrogen (secondary N) is 1. The standard InChI is InChI=1S/C12H15ClFN3O2/c1-2-7(6-10(15)17-19)16-12(18)8-4-3-5-9(13)11(8)14/h3-5,7,19H,2,6H2,1H3,(H2,15,17)(H,16,18). The van der Waals surface area contributed by atoms with Gasteiger partial charge in [0.05, 0.1) is 10.6 Å². The van der Waals surface area contributed by atoms with E-state index in [4.69, 9.17) is 22.5 Å². The molecule has 1 atom stereocenters. The van der Waals surface area contributed by atoms with Gasteiger partial charge in [-0.3, -0.25) is 4.79 Å². The van der Waals surface area contributed by atoms with Crippen molar-refractivity contribution in [2.75, 3.05) is 0 Å². The summed E-state index contributed by atoms with van der Waals surface area (Å²) < 4.78 is 13.7. The number of rotatable bonds is 5. The zero-order valence-corrected chi connectivity index (χ0v) is 11.1. The van der Waals surface area contributed by atoms with Gasteiger partial charge in [-0.2, -0.15) is 0 Å². The second kappa shape index (κ2) is 6.94. The van der Waals surface area contributed by atoms with E-state index in [9.17, 15) is 9.18 Å². The minimum Gasteiger partial charge on any atom is -0.409 e. The van der Waals surface area contributed by atoms with E-state index in [-0.39, 0.29) is 28.9 Å². The molecule has 0 aliphatic heterocycles. The number of carbonyl (C=O) groups excluding carboxylic acids is 1. The third-order valence-electron chi connectivity index (χ3n) is 2.61. The van der Waals surface area contributed by atoms with Gasteiger partial charge in [-0.1, -0.05) is 29.7 Å². The molecule has 0 fully saturated rings. The van der Waals surface area contributed by atoms with Crippen LogP contribution < -0.4 is 11.1 Å². The Bertz CT molecular complexity index is 494. The lowest BCUT2D eigenvalue weighted by molar-refractivity contribution is 0.0933. The van der Waals surface area contributed by atoms with E-state index in [0.717, 1.165) is 0 Å². The molecule has 1 aromatic rings. The zero-order valence-electron chi connectivity index (χ0n) is 10.4. The Balaban J connectivity index is 2.80. The summed E-state index contributed by atoms with van der Waals surface area (Å²) in [6.45, 7) is 1.82. The quantitative estimate of drug-likeness (QED) is 0.335. The molecule has 7 heteroatoms. The molecule has 19 heavy (non-hydrogen) atoms. The van der Waals surface area contributed by atoms with Crippen molar-refractivity contribution in [3.63, 3.8) is 0 Å². The molecule has 1 unspecified atom stereocenters. The molecule has 1 rings (SSSR count). The first kappa shape index (κ1) is 15.2. The molecule has 0 spiro atoms. The number of amides is 1. The van der Waals surface area contributed by atoms with Crippen molar-refractivity contribution in [2.45, 2.75) is 25.8 Å². The number of oxime groups is 1. The van der Waals surface area contributed by atoms with Gasteiger partial charge in [0.25, 0.3) is 5.91 Å². The van der Waals surface area contributed by atoms with Gasteiger partial charge in [-0.25, -0.2) is 4.39 Å². The highest BCUT2D eigenvalue weighted by Gasteiger charge is 2.18. The predicted octanol–water partition coefficient (Wildman–Crippen LogP) is 2.12. The van der Waals surface area contributed by atoms with Gasteiger partial charge in [0.1, 0.15) is 5.84 Å². The van der Waals surface area contributed by atoms with Crippen LogP contribution in [-0.4, -0.2) is 23.0 Å². The van der Waals surface area contributed by atoms with E-state index in [2.05, 4.69) is 10.5 Å². The molecule has 1 aromatic carbocycles.